The number of ether oxygens (including phenoxy) is 2. The number of nitrogens with two attached hydrogens (primary N) is 1. The number of carbonyl (C=O) groups is 2. The van der Waals surface area contributed by atoms with Crippen molar-refractivity contribution in [3.63, 3.8) is 0 Å². The molecule has 31 heavy (non-hydrogen) atoms. The number of alkyl halides is 2. The largest absolute Gasteiger partial charge is 0.456 e. The van der Waals surface area contributed by atoms with Gasteiger partial charge >= 0.3 is 5.97 Å². The van der Waals surface area contributed by atoms with Gasteiger partial charge in [-0.2, -0.15) is 0 Å². The molecular weight excluding hydrogens is 425 g/mol. The summed E-state index contributed by atoms with van der Waals surface area (Å²) in [7, 11) is 0. The van der Waals surface area contributed by atoms with E-state index in [1.807, 2.05) is 13.8 Å². The Morgan fingerprint density at radius 2 is 2.00 bits per heavy atom. The van der Waals surface area contributed by atoms with Gasteiger partial charge in [0.25, 0.3) is 0 Å². The third-order valence-electron chi connectivity index (χ3n) is 5.53. The second kappa shape index (κ2) is 11.6. The Labute approximate surface area is 188 Å². The highest BCUT2D eigenvalue weighted by Gasteiger charge is 2.59. The zero-order valence-electron chi connectivity index (χ0n) is 18.3. The van der Waals surface area contributed by atoms with Gasteiger partial charge in [0.15, 0.2) is 18.5 Å². The summed E-state index contributed by atoms with van der Waals surface area (Å²) >= 11 is 6.26. The number of esters is 1. The number of hydrogen-bond acceptors (Lipinski definition) is 7. The second-order valence-electron chi connectivity index (χ2n) is 7.98. The quantitative estimate of drug-likeness (QED) is 0.352. The Bertz CT molecular complexity index is 730. The van der Waals surface area contributed by atoms with Crippen LogP contribution < -0.4 is 5.73 Å². The lowest BCUT2D eigenvalue weighted by Gasteiger charge is -2.33. The average molecular weight is 458 g/mol. The number of carbonyl (C=O) groups excluding carboxylic acids is 2. The second-order valence-corrected chi connectivity index (χ2v) is 8.25. The van der Waals surface area contributed by atoms with Gasteiger partial charge < -0.3 is 20.1 Å². The van der Waals surface area contributed by atoms with E-state index in [1.165, 1.54) is 17.2 Å². The number of amidine groups is 1. The maximum absolute atomic E-state index is 15.7. The number of halogens is 2. The molecule has 0 saturated carbocycles. The molecule has 0 aromatic carbocycles. The van der Waals surface area contributed by atoms with Crippen molar-refractivity contribution >= 4 is 29.2 Å². The van der Waals surface area contributed by atoms with Crippen LogP contribution in [0.2, 0.25) is 0 Å². The van der Waals surface area contributed by atoms with E-state index in [-0.39, 0.29) is 42.6 Å². The van der Waals surface area contributed by atoms with E-state index in [4.69, 9.17) is 26.8 Å². The number of hydrogen-bond donors (Lipinski definition) is 1. The standard InChI is InChI=1S/C22H33ClFN3O4/c1-4-6-8-16(28)10-12-22(14-23)20(30-18(29)9-7-5-2)19(24)21(31-22)27-13-11-17(25)26-15(27)3/h11,13,19-21H,3-10,12,14H2,1-2H3,(H2,25,26)/t19-,20+,21-,22+/m1/s1. The SMILES string of the molecule is C=C1N=C(N)C=CN1[C@@H]1O[C@](CCl)(CCC(=O)CCCC)[C@@H](OC(=O)CCCC)[C@H]1F. The van der Waals surface area contributed by atoms with Crippen LogP contribution >= 0.6 is 11.6 Å². The van der Waals surface area contributed by atoms with Crippen LogP contribution in [0, 0.1) is 0 Å². The summed E-state index contributed by atoms with van der Waals surface area (Å²) in [5.74, 6) is -0.160. The number of unbranched alkanes of at least 4 members (excludes halogenated alkanes) is 2. The summed E-state index contributed by atoms with van der Waals surface area (Å²) in [6.07, 6.45) is 2.97. The van der Waals surface area contributed by atoms with Crippen LogP contribution in [0.15, 0.2) is 29.7 Å². The smallest absolute Gasteiger partial charge is 0.306 e. The van der Waals surface area contributed by atoms with Gasteiger partial charge in [-0.1, -0.05) is 33.3 Å². The van der Waals surface area contributed by atoms with E-state index in [1.54, 1.807) is 0 Å². The summed E-state index contributed by atoms with van der Waals surface area (Å²) in [4.78, 5) is 30.1. The van der Waals surface area contributed by atoms with E-state index < -0.39 is 30.1 Å². The van der Waals surface area contributed by atoms with E-state index in [9.17, 15) is 9.59 Å². The van der Waals surface area contributed by atoms with Gasteiger partial charge in [-0.3, -0.25) is 9.59 Å². The maximum atomic E-state index is 15.7. The molecular formula is C22H33ClFN3O4. The minimum absolute atomic E-state index is 0.0458. The highest BCUT2D eigenvalue weighted by Crippen LogP contribution is 2.42. The summed E-state index contributed by atoms with van der Waals surface area (Å²) < 4.78 is 27.3. The van der Waals surface area contributed by atoms with Gasteiger partial charge in [-0.25, -0.2) is 9.38 Å². The molecule has 0 unspecified atom stereocenters. The first kappa shape index (κ1) is 25.3. The Morgan fingerprint density at radius 1 is 1.32 bits per heavy atom. The summed E-state index contributed by atoms with van der Waals surface area (Å²) in [6.45, 7) is 7.75. The number of ketones is 1. The molecule has 174 valence electrons. The molecule has 0 amide bonds. The maximum Gasteiger partial charge on any atom is 0.306 e. The van der Waals surface area contributed by atoms with Crippen LogP contribution in [0.3, 0.4) is 0 Å². The lowest BCUT2D eigenvalue weighted by Crippen LogP contribution is -2.47. The zero-order chi connectivity index (χ0) is 23.0. The average Bonchev–Trinajstić information content (AvgIpc) is 3.01. The number of nitrogens with zero attached hydrogens (tertiary/aromatic N) is 2. The molecule has 0 bridgehead atoms. The van der Waals surface area contributed by atoms with E-state index in [2.05, 4.69) is 11.6 Å². The molecule has 4 atom stereocenters. The monoisotopic (exact) mass is 457 g/mol. The predicted molar refractivity (Wildman–Crippen MR) is 118 cm³/mol. The third kappa shape index (κ3) is 6.29. The van der Waals surface area contributed by atoms with Gasteiger partial charge in [-0.05, 0) is 25.3 Å². The van der Waals surface area contributed by atoms with Crippen molar-refractivity contribution in [2.45, 2.75) is 89.3 Å². The van der Waals surface area contributed by atoms with Crippen LogP contribution in [-0.2, 0) is 19.1 Å². The third-order valence-corrected chi connectivity index (χ3v) is 5.98. The van der Waals surface area contributed by atoms with Crippen LogP contribution in [0.25, 0.3) is 0 Å². The van der Waals surface area contributed by atoms with Crippen molar-refractivity contribution in [2.24, 2.45) is 10.7 Å². The van der Waals surface area contributed by atoms with Gasteiger partial charge in [-0.15, -0.1) is 11.6 Å². The van der Waals surface area contributed by atoms with Gasteiger partial charge in [0.05, 0.1) is 5.88 Å². The van der Waals surface area contributed by atoms with Crippen LogP contribution in [-0.4, -0.2) is 52.5 Å². The fourth-order valence-corrected chi connectivity index (χ4v) is 4.01. The lowest BCUT2D eigenvalue weighted by atomic mass is 9.90. The minimum atomic E-state index is -1.72. The molecule has 0 spiro atoms. The Morgan fingerprint density at radius 3 is 2.61 bits per heavy atom. The first-order valence-corrected chi connectivity index (χ1v) is 11.4. The molecule has 7 nitrogen and oxygen atoms in total. The number of aliphatic imine (C=N–C) groups is 1. The minimum Gasteiger partial charge on any atom is -0.456 e. The van der Waals surface area contributed by atoms with Gasteiger partial charge in [0.2, 0.25) is 0 Å². The number of Topliss-reactive ketones (excluding diaryl/α,β-unsaturated/α-hetero) is 1. The Hall–Kier alpha value is -1.93. The molecule has 2 aliphatic heterocycles. The van der Waals surface area contributed by atoms with E-state index in [0.717, 1.165) is 19.3 Å². The fourth-order valence-electron chi connectivity index (χ4n) is 3.66. The van der Waals surface area contributed by atoms with E-state index >= 15 is 4.39 Å². The molecule has 9 heteroatoms. The van der Waals surface area contributed by atoms with Crippen LogP contribution in [0.4, 0.5) is 4.39 Å². The van der Waals surface area contributed by atoms with E-state index in [0.29, 0.717) is 12.8 Å². The van der Waals surface area contributed by atoms with Crippen molar-refractivity contribution in [2.75, 3.05) is 5.88 Å². The van der Waals surface area contributed by atoms with Crippen molar-refractivity contribution in [1.82, 2.24) is 4.90 Å². The Balaban J connectivity index is 2.25. The van der Waals surface area contributed by atoms with Gasteiger partial charge in [0, 0.05) is 25.5 Å². The Kier molecular flexibility index (Phi) is 9.50. The van der Waals surface area contributed by atoms with Crippen LogP contribution in [0.1, 0.15) is 65.2 Å². The van der Waals surface area contributed by atoms with Crippen molar-refractivity contribution < 1.29 is 23.5 Å². The molecule has 2 N–H and O–H groups in total. The van der Waals surface area contributed by atoms with Crippen molar-refractivity contribution in [3.05, 3.63) is 24.7 Å². The first-order valence-electron chi connectivity index (χ1n) is 10.9. The highest BCUT2D eigenvalue weighted by atomic mass is 35.5. The molecule has 1 fully saturated rings. The van der Waals surface area contributed by atoms with Crippen LogP contribution in [0.5, 0.6) is 0 Å². The number of rotatable bonds is 12. The molecule has 2 aliphatic rings. The molecule has 2 rings (SSSR count). The topological polar surface area (TPSA) is 94.2 Å². The summed E-state index contributed by atoms with van der Waals surface area (Å²) in [5, 5.41) is 0. The highest BCUT2D eigenvalue weighted by molar-refractivity contribution is 6.18. The molecule has 1 saturated heterocycles. The predicted octanol–water partition coefficient (Wildman–Crippen LogP) is 3.96. The first-order chi connectivity index (χ1) is 14.8. The normalized spacial score (nSPS) is 28.0. The zero-order valence-corrected chi connectivity index (χ0v) is 19.1. The molecule has 0 aromatic rings. The summed E-state index contributed by atoms with van der Waals surface area (Å²) in [5.41, 5.74) is 4.34. The van der Waals surface area contributed by atoms with Crippen molar-refractivity contribution in [1.29, 1.82) is 0 Å². The van der Waals surface area contributed by atoms with Gasteiger partial charge in [0.1, 0.15) is 23.0 Å². The lowest BCUT2D eigenvalue weighted by molar-refractivity contribution is -0.162. The fraction of sp³-hybridized carbons (Fsp3) is 0.682. The molecule has 0 radical (unpaired) electrons. The molecule has 0 aromatic heterocycles. The molecule has 2 heterocycles. The molecule has 0 aliphatic carbocycles. The summed E-state index contributed by atoms with van der Waals surface area (Å²) in [6, 6.07) is 0. The van der Waals surface area contributed by atoms with Crippen molar-refractivity contribution in [3.8, 4) is 0 Å².